The molecule has 2 aromatic rings. The van der Waals surface area contributed by atoms with Crippen LogP contribution in [0, 0.1) is 0 Å². The van der Waals surface area contributed by atoms with E-state index < -0.39 is 0 Å². The molecule has 0 saturated carbocycles. The van der Waals surface area contributed by atoms with Crippen molar-refractivity contribution in [3.05, 3.63) is 48.2 Å². The van der Waals surface area contributed by atoms with Gasteiger partial charge in [0.1, 0.15) is 5.82 Å². The topological polar surface area (TPSA) is 29.9 Å². The van der Waals surface area contributed by atoms with Gasteiger partial charge in [-0.2, -0.15) is 5.10 Å². The minimum Gasteiger partial charge on any atom is -0.363 e. The van der Waals surface area contributed by atoms with Crippen molar-refractivity contribution in [2.75, 3.05) is 5.32 Å². The van der Waals surface area contributed by atoms with Gasteiger partial charge in [-0.15, -0.1) is 0 Å². The van der Waals surface area contributed by atoms with Gasteiger partial charge in [0.05, 0.1) is 17.8 Å². The third-order valence-corrected chi connectivity index (χ3v) is 3.44. The predicted molar refractivity (Wildman–Crippen MR) is 69.0 cm³/mol. The van der Waals surface area contributed by atoms with Gasteiger partial charge in [-0.25, -0.2) is 4.68 Å². The smallest absolute Gasteiger partial charge is 0.125 e. The zero-order chi connectivity index (χ0) is 11.9. The summed E-state index contributed by atoms with van der Waals surface area (Å²) in [4.78, 5) is 0. The van der Waals surface area contributed by atoms with Crippen molar-refractivity contribution < 1.29 is 0 Å². The summed E-state index contributed by atoms with van der Waals surface area (Å²) in [6.45, 7) is 4.47. The Morgan fingerprint density at radius 2 is 2.00 bits per heavy atom. The zero-order valence-corrected chi connectivity index (χ0v) is 10.2. The van der Waals surface area contributed by atoms with Gasteiger partial charge < -0.3 is 5.32 Å². The number of nitrogens with one attached hydrogen (secondary N) is 1. The van der Waals surface area contributed by atoms with Gasteiger partial charge in [0.15, 0.2) is 0 Å². The minimum absolute atomic E-state index is 0.0601. The third-order valence-electron chi connectivity index (χ3n) is 3.44. The molecule has 1 aromatic carbocycles. The number of nitrogens with zero attached hydrogens (tertiary/aromatic N) is 2. The van der Waals surface area contributed by atoms with Crippen LogP contribution in [0.2, 0.25) is 0 Å². The molecule has 2 heterocycles. The van der Waals surface area contributed by atoms with Crippen LogP contribution >= 0.6 is 0 Å². The number of hydrogen-bond acceptors (Lipinski definition) is 2. The minimum atomic E-state index is 0.0601. The van der Waals surface area contributed by atoms with Crippen LogP contribution in [0.15, 0.2) is 42.6 Å². The average Bonchev–Trinajstić information content (AvgIpc) is 2.78. The monoisotopic (exact) mass is 227 g/mol. The molecule has 0 aliphatic carbocycles. The van der Waals surface area contributed by atoms with E-state index in [4.69, 9.17) is 0 Å². The molecule has 0 amide bonds. The molecule has 1 aliphatic heterocycles. The Morgan fingerprint density at radius 3 is 2.76 bits per heavy atom. The lowest BCUT2D eigenvalue weighted by molar-refractivity contribution is 0.263. The fourth-order valence-electron chi connectivity index (χ4n) is 2.60. The molecule has 1 N–H and O–H groups in total. The number of hydrogen-bond donors (Lipinski definition) is 1. The van der Waals surface area contributed by atoms with E-state index in [1.54, 1.807) is 0 Å². The molecule has 1 aliphatic rings. The van der Waals surface area contributed by atoms with Crippen LogP contribution in [0.4, 0.5) is 5.82 Å². The number of benzene rings is 1. The molecule has 3 rings (SSSR count). The van der Waals surface area contributed by atoms with Crippen LogP contribution in [0.3, 0.4) is 0 Å². The maximum Gasteiger partial charge on any atom is 0.125 e. The van der Waals surface area contributed by atoms with Gasteiger partial charge in [0.2, 0.25) is 0 Å². The van der Waals surface area contributed by atoms with Gasteiger partial charge in [-0.1, -0.05) is 30.3 Å². The summed E-state index contributed by atoms with van der Waals surface area (Å²) in [5, 5.41) is 7.94. The van der Waals surface area contributed by atoms with Crippen LogP contribution in [0.25, 0.3) is 0 Å². The van der Waals surface area contributed by atoms with Crippen molar-refractivity contribution in [1.29, 1.82) is 0 Å². The molecular formula is C14H17N3. The van der Waals surface area contributed by atoms with E-state index in [2.05, 4.69) is 59.3 Å². The number of anilines is 1. The van der Waals surface area contributed by atoms with Crippen molar-refractivity contribution in [3.63, 3.8) is 0 Å². The standard InChI is InChI=1S/C14H17N3/c1-14(2)10-12(11-6-4-3-5-7-11)16-13-8-9-15-17(13)14/h3-9,12,16H,10H2,1-2H3/t12-/m1/s1. The van der Waals surface area contributed by atoms with Crippen molar-refractivity contribution >= 4 is 5.82 Å². The first-order valence-corrected chi connectivity index (χ1v) is 6.03. The summed E-state index contributed by atoms with van der Waals surface area (Å²) < 4.78 is 2.08. The highest BCUT2D eigenvalue weighted by atomic mass is 15.4. The number of fused-ring (bicyclic) bond motifs is 1. The fourth-order valence-corrected chi connectivity index (χ4v) is 2.60. The molecule has 0 spiro atoms. The Hall–Kier alpha value is -1.77. The van der Waals surface area contributed by atoms with Crippen molar-refractivity contribution in [3.8, 4) is 0 Å². The van der Waals surface area contributed by atoms with Crippen LogP contribution in [0.1, 0.15) is 31.9 Å². The Morgan fingerprint density at radius 1 is 1.24 bits per heavy atom. The van der Waals surface area contributed by atoms with Crippen molar-refractivity contribution in [1.82, 2.24) is 9.78 Å². The van der Waals surface area contributed by atoms with Crippen LogP contribution in [-0.2, 0) is 5.54 Å². The van der Waals surface area contributed by atoms with E-state index in [1.807, 2.05) is 12.3 Å². The molecule has 1 atom stereocenters. The zero-order valence-electron chi connectivity index (χ0n) is 10.2. The molecule has 3 nitrogen and oxygen atoms in total. The summed E-state index contributed by atoms with van der Waals surface area (Å²) in [7, 11) is 0. The van der Waals surface area contributed by atoms with E-state index in [0.717, 1.165) is 12.2 Å². The fraction of sp³-hybridized carbons (Fsp3) is 0.357. The average molecular weight is 227 g/mol. The molecule has 3 heteroatoms. The Kier molecular flexibility index (Phi) is 2.21. The Balaban J connectivity index is 1.98. The van der Waals surface area contributed by atoms with Gasteiger partial charge in [0, 0.05) is 6.07 Å². The van der Waals surface area contributed by atoms with Crippen molar-refractivity contribution in [2.45, 2.75) is 31.8 Å². The molecule has 88 valence electrons. The molecule has 0 fully saturated rings. The van der Waals surface area contributed by atoms with Crippen LogP contribution < -0.4 is 5.32 Å². The SMILES string of the molecule is CC1(C)C[C@H](c2ccccc2)Nc2ccnn21. The first-order chi connectivity index (χ1) is 8.17. The summed E-state index contributed by atoms with van der Waals surface area (Å²) in [6.07, 6.45) is 2.91. The highest BCUT2D eigenvalue weighted by Gasteiger charge is 2.33. The van der Waals surface area contributed by atoms with E-state index in [9.17, 15) is 0 Å². The third kappa shape index (κ3) is 1.71. The molecular weight excluding hydrogens is 210 g/mol. The largest absolute Gasteiger partial charge is 0.363 e. The van der Waals surface area contributed by atoms with Crippen LogP contribution in [0.5, 0.6) is 0 Å². The second-order valence-corrected chi connectivity index (χ2v) is 5.25. The number of aromatic nitrogens is 2. The van der Waals surface area contributed by atoms with E-state index in [1.165, 1.54) is 5.56 Å². The highest BCUT2D eigenvalue weighted by Crippen LogP contribution is 2.37. The first kappa shape index (κ1) is 10.4. The lowest BCUT2D eigenvalue weighted by Gasteiger charge is -2.38. The summed E-state index contributed by atoms with van der Waals surface area (Å²) in [6, 6.07) is 13.0. The normalized spacial score (nSPS) is 21.6. The van der Waals surface area contributed by atoms with Gasteiger partial charge >= 0.3 is 0 Å². The molecule has 0 saturated heterocycles. The first-order valence-electron chi connectivity index (χ1n) is 6.03. The lowest BCUT2D eigenvalue weighted by Crippen LogP contribution is -2.37. The summed E-state index contributed by atoms with van der Waals surface area (Å²) >= 11 is 0. The second-order valence-electron chi connectivity index (χ2n) is 5.25. The van der Waals surface area contributed by atoms with Gasteiger partial charge in [-0.3, -0.25) is 0 Å². The molecule has 0 bridgehead atoms. The van der Waals surface area contributed by atoms with Gasteiger partial charge in [0.25, 0.3) is 0 Å². The van der Waals surface area contributed by atoms with E-state index in [0.29, 0.717) is 6.04 Å². The molecule has 1 aromatic heterocycles. The maximum absolute atomic E-state index is 4.39. The molecule has 0 unspecified atom stereocenters. The maximum atomic E-state index is 4.39. The van der Waals surface area contributed by atoms with E-state index >= 15 is 0 Å². The predicted octanol–water partition coefficient (Wildman–Crippen LogP) is 3.18. The summed E-state index contributed by atoms with van der Waals surface area (Å²) in [5.41, 5.74) is 1.40. The highest BCUT2D eigenvalue weighted by molar-refractivity contribution is 5.42. The van der Waals surface area contributed by atoms with Crippen LogP contribution in [-0.4, -0.2) is 9.78 Å². The second kappa shape index (κ2) is 3.62. The molecule has 17 heavy (non-hydrogen) atoms. The van der Waals surface area contributed by atoms with Gasteiger partial charge in [-0.05, 0) is 25.8 Å². The number of rotatable bonds is 1. The Labute approximate surface area is 101 Å². The summed E-state index contributed by atoms with van der Waals surface area (Å²) in [5.74, 6) is 1.11. The lowest BCUT2D eigenvalue weighted by atomic mass is 9.89. The molecule has 0 radical (unpaired) electrons. The Bertz CT molecular complexity index is 513. The van der Waals surface area contributed by atoms with Crippen molar-refractivity contribution in [2.24, 2.45) is 0 Å². The quantitative estimate of drug-likeness (QED) is 0.811. The van der Waals surface area contributed by atoms with E-state index in [-0.39, 0.29) is 5.54 Å².